The molecule has 1 saturated heterocycles. The number of amides is 1. The molecule has 5 rings (SSSR count). The molecule has 2 nitrogen and oxygen atoms in total. The summed E-state index contributed by atoms with van der Waals surface area (Å²) in [4.78, 5) is 12.4. The van der Waals surface area contributed by atoms with Crippen molar-refractivity contribution in [2.24, 2.45) is 17.8 Å². The van der Waals surface area contributed by atoms with E-state index in [-0.39, 0.29) is 23.7 Å². The number of benzene rings is 2. The van der Waals surface area contributed by atoms with Gasteiger partial charge in [0.15, 0.2) is 0 Å². The Morgan fingerprint density at radius 2 is 1.94 bits per heavy atom. The minimum Gasteiger partial charge on any atom is -0.353 e. The van der Waals surface area contributed by atoms with Crippen LogP contribution in [0.4, 0.5) is 4.39 Å². The number of hydrogen-bond acceptors (Lipinski definition) is 2. The zero-order chi connectivity index (χ0) is 22.8. The number of carbonyl (C=O) groups excluding carboxylic acids is 1. The topological polar surface area (TPSA) is 29.1 Å². The minimum absolute atomic E-state index is 0.121. The average molecular weight is 480 g/mol. The van der Waals surface area contributed by atoms with E-state index in [1.165, 1.54) is 23.3 Å². The van der Waals surface area contributed by atoms with Crippen molar-refractivity contribution in [1.29, 1.82) is 0 Å². The largest absolute Gasteiger partial charge is 0.353 e. The predicted octanol–water partition coefficient (Wildman–Crippen LogP) is 7.31. The van der Waals surface area contributed by atoms with Gasteiger partial charge in [-0.3, -0.25) is 4.79 Å². The number of carbonyl (C=O) groups is 1. The summed E-state index contributed by atoms with van der Waals surface area (Å²) in [5, 5.41) is 8.41. The average Bonchev–Trinajstić information content (AvgIpc) is 3.33. The molecule has 2 heterocycles. The lowest BCUT2D eigenvalue weighted by molar-refractivity contribution is -0.126. The maximum absolute atomic E-state index is 13.6. The minimum atomic E-state index is -0.240. The van der Waals surface area contributed by atoms with Crippen LogP contribution in [0.1, 0.15) is 48.3 Å². The van der Waals surface area contributed by atoms with E-state index in [4.69, 9.17) is 11.6 Å². The van der Waals surface area contributed by atoms with E-state index in [1.807, 2.05) is 24.3 Å². The van der Waals surface area contributed by atoms with Crippen molar-refractivity contribution in [2.75, 3.05) is 0 Å². The van der Waals surface area contributed by atoms with E-state index in [1.54, 1.807) is 17.4 Å². The molecule has 0 spiro atoms. The van der Waals surface area contributed by atoms with Gasteiger partial charge in [0, 0.05) is 23.4 Å². The van der Waals surface area contributed by atoms with Gasteiger partial charge in [-0.15, -0.1) is 0 Å². The highest BCUT2D eigenvalue weighted by molar-refractivity contribution is 7.08. The fraction of sp³-hybridized carbons (Fsp3) is 0.321. The Balaban J connectivity index is 1.42. The van der Waals surface area contributed by atoms with Crippen molar-refractivity contribution in [2.45, 2.75) is 37.6 Å². The maximum Gasteiger partial charge on any atom is 0.220 e. The predicted molar refractivity (Wildman–Crippen MR) is 134 cm³/mol. The van der Waals surface area contributed by atoms with Crippen LogP contribution in [0.15, 0.2) is 71.4 Å². The molecular formula is C28H27ClFNOS. The van der Waals surface area contributed by atoms with Crippen molar-refractivity contribution in [3.8, 4) is 0 Å². The van der Waals surface area contributed by atoms with Crippen LogP contribution in [0.3, 0.4) is 0 Å². The lowest BCUT2D eigenvalue weighted by Gasteiger charge is -2.45. The molecule has 2 fully saturated rings. The fourth-order valence-corrected chi connectivity index (χ4v) is 6.56. The Morgan fingerprint density at radius 1 is 1.09 bits per heavy atom. The highest BCUT2D eigenvalue weighted by Crippen LogP contribution is 2.46. The van der Waals surface area contributed by atoms with E-state index >= 15 is 0 Å². The molecule has 170 valence electrons. The number of allylic oxidation sites excluding steroid dienone is 1. The van der Waals surface area contributed by atoms with Gasteiger partial charge >= 0.3 is 0 Å². The van der Waals surface area contributed by atoms with Gasteiger partial charge in [-0.25, -0.2) is 4.39 Å². The molecule has 33 heavy (non-hydrogen) atoms. The summed E-state index contributed by atoms with van der Waals surface area (Å²) in [7, 11) is 0. The van der Waals surface area contributed by atoms with Gasteiger partial charge in [0.25, 0.3) is 0 Å². The van der Waals surface area contributed by atoms with Crippen LogP contribution in [-0.2, 0) is 4.79 Å². The van der Waals surface area contributed by atoms with Gasteiger partial charge in [0.2, 0.25) is 5.91 Å². The lowest BCUT2D eigenvalue weighted by atomic mass is 9.64. The van der Waals surface area contributed by atoms with E-state index < -0.39 is 0 Å². The summed E-state index contributed by atoms with van der Waals surface area (Å²) in [6.45, 7) is 0. The molecule has 0 bridgehead atoms. The number of hydrogen-bond donors (Lipinski definition) is 1. The van der Waals surface area contributed by atoms with Crippen LogP contribution in [0.2, 0.25) is 5.02 Å². The monoisotopic (exact) mass is 479 g/mol. The summed E-state index contributed by atoms with van der Waals surface area (Å²) < 4.78 is 13.6. The molecule has 1 aliphatic carbocycles. The van der Waals surface area contributed by atoms with E-state index in [9.17, 15) is 9.18 Å². The summed E-state index contributed by atoms with van der Waals surface area (Å²) in [6.07, 6.45) is 7.71. The number of nitrogens with one attached hydrogen (secondary N) is 1. The van der Waals surface area contributed by atoms with Crippen LogP contribution in [-0.4, -0.2) is 11.9 Å². The molecule has 1 aromatic heterocycles. The van der Waals surface area contributed by atoms with Crippen LogP contribution in [0.5, 0.6) is 0 Å². The van der Waals surface area contributed by atoms with Crippen molar-refractivity contribution in [1.82, 2.24) is 5.32 Å². The Hall–Kier alpha value is -2.43. The van der Waals surface area contributed by atoms with Gasteiger partial charge in [0.05, 0.1) is 0 Å². The van der Waals surface area contributed by atoms with Crippen LogP contribution < -0.4 is 5.32 Å². The number of halogens is 2. The van der Waals surface area contributed by atoms with Crippen molar-refractivity contribution < 1.29 is 9.18 Å². The molecule has 0 radical (unpaired) electrons. The third-order valence-corrected chi connectivity index (χ3v) is 8.20. The van der Waals surface area contributed by atoms with Gasteiger partial charge in [-0.05, 0) is 94.8 Å². The van der Waals surface area contributed by atoms with Crippen LogP contribution in [0, 0.1) is 23.6 Å². The van der Waals surface area contributed by atoms with Gasteiger partial charge in [-0.2, -0.15) is 11.3 Å². The third kappa shape index (κ3) is 5.07. The normalized spacial score (nSPS) is 26.1. The second-order valence-corrected chi connectivity index (χ2v) is 10.5. The summed E-state index contributed by atoms with van der Waals surface area (Å²) in [5.74, 6) is 1.22. The number of fused-ring (bicyclic) bond motifs is 1. The first-order chi connectivity index (χ1) is 16.1. The summed E-state index contributed by atoms with van der Waals surface area (Å²) in [5.41, 5.74) is 3.49. The summed E-state index contributed by atoms with van der Waals surface area (Å²) >= 11 is 7.91. The van der Waals surface area contributed by atoms with Crippen molar-refractivity contribution in [3.63, 3.8) is 0 Å². The molecule has 1 amide bonds. The van der Waals surface area contributed by atoms with E-state index in [0.717, 1.165) is 29.8 Å². The number of rotatable bonds is 5. The molecule has 5 unspecified atom stereocenters. The van der Waals surface area contributed by atoms with E-state index in [0.29, 0.717) is 24.2 Å². The number of piperidine rings is 1. The Kier molecular flexibility index (Phi) is 6.66. The smallest absolute Gasteiger partial charge is 0.220 e. The highest BCUT2D eigenvalue weighted by atomic mass is 35.5. The second kappa shape index (κ2) is 9.82. The molecule has 2 aliphatic rings. The molecule has 1 N–H and O–H groups in total. The van der Waals surface area contributed by atoms with Gasteiger partial charge in [-0.1, -0.05) is 48.0 Å². The molecular weight excluding hydrogens is 453 g/mol. The fourth-order valence-electron chi connectivity index (χ4n) is 5.74. The van der Waals surface area contributed by atoms with Crippen LogP contribution in [0.25, 0.3) is 6.08 Å². The zero-order valence-corrected chi connectivity index (χ0v) is 19.9. The molecule has 5 atom stereocenters. The molecule has 1 aliphatic heterocycles. The second-order valence-electron chi connectivity index (χ2n) is 9.28. The first-order valence-corrected chi connectivity index (χ1v) is 12.9. The number of thiophene rings is 1. The Labute approximate surface area is 203 Å². The molecule has 1 saturated carbocycles. The van der Waals surface area contributed by atoms with Gasteiger partial charge < -0.3 is 5.32 Å². The van der Waals surface area contributed by atoms with Crippen molar-refractivity contribution in [3.05, 3.63) is 99.0 Å². The van der Waals surface area contributed by atoms with E-state index in [2.05, 4.69) is 40.4 Å². The molecule has 3 aromatic rings. The Morgan fingerprint density at radius 3 is 2.70 bits per heavy atom. The van der Waals surface area contributed by atoms with Crippen LogP contribution >= 0.6 is 22.9 Å². The quantitative estimate of drug-likeness (QED) is 0.408. The third-order valence-electron chi connectivity index (χ3n) is 7.24. The lowest BCUT2D eigenvalue weighted by Crippen LogP contribution is -2.51. The summed E-state index contributed by atoms with van der Waals surface area (Å²) in [6, 6.07) is 17.3. The Bertz CT molecular complexity index is 1130. The molecule has 2 aromatic carbocycles. The standard InChI is InChI=1S/C28H27ClFNOS/c29-23-9-6-19(7-10-23)28(22-12-13-33-17-22)21-8-11-26-25(15-21)20(16-27(32)31-26)5-4-18-2-1-3-24(30)14-18/h1-7,9-10,12-14,17,20-21,25-26,28H,8,11,15-16H2,(H,31,32)/b5-4+. The van der Waals surface area contributed by atoms with Crippen molar-refractivity contribution >= 4 is 34.9 Å². The van der Waals surface area contributed by atoms with Gasteiger partial charge in [0.1, 0.15) is 5.82 Å². The first-order valence-electron chi connectivity index (χ1n) is 11.6. The SMILES string of the molecule is O=C1CC(/C=C/c2cccc(F)c2)C2CC(C(c3ccc(Cl)cc3)c3ccsc3)CCC2N1. The maximum atomic E-state index is 13.6. The highest BCUT2D eigenvalue weighted by Gasteiger charge is 2.42. The molecule has 5 heteroatoms. The first kappa shape index (κ1) is 22.4. The zero-order valence-electron chi connectivity index (χ0n) is 18.3.